The van der Waals surface area contributed by atoms with Crippen LogP contribution in [0.3, 0.4) is 0 Å². The van der Waals surface area contributed by atoms with Crippen LogP contribution >= 0.6 is 11.8 Å². The number of para-hydroxylation sites is 1. The fourth-order valence-electron chi connectivity index (χ4n) is 2.90. The van der Waals surface area contributed by atoms with Crippen molar-refractivity contribution in [2.24, 2.45) is 0 Å². The average Bonchev–Trinajstić information content (AvgIpc) is 3.12. The van der Waals surface area contributed by atoms with E-state index in [1.165, 1.54) is 17.4 Å². The predicted octanol–water partition coefficient (Wildman–Crippen LogP) is 1.99. The Morgan fingerprint density at radius 1 is 1.43 bits per heavy atom. The number of benzene rings is 1. The first kappa shape index (κ1) is 15.9. The van der Waals surface area contributed by atoms with Gasteiger partial charge in [-0.05, 0) is 32.4 Å². The standard InChI is InChI=1S/C16H21N5OS/c1-11-8-13(9-21(11)14-6-4-3-5-7-14)18-15(22)10-23-16-17-12(2)19-20-16/h3-7,11,13H,8-10H2,1-2H3,(H,18,22)(H,17,19,20)/t11-,13-/m0/s1. The number of nitrogens with one attached hydrogen (secondary N) is 2. The zero-order chi connectivity index (χ0) is 16.2. The Kier molecular flexibility index (Phi) is 4.85. The fourth-order valence-corrected chi connectivity index (χ4v) is 3.56. The van der Waals surface area contributed by atoms with Gasteiger partial charge < -0.3 is 10.2 Å². The van der Waals surface area contributed by atoms with Gasteiger partial charge in [0.1, 0.15) is 5.82 Å². The lowest BCUT2D eigenvalue weighted by Crippen LogP contribution is -2.38. The maximum absolute atomic E-state index is 12.1. The lowest BCUT2D eigenvalue weighted by Gasteiger charge is -2.23. The summed E-state index contributed by atoms with van der Waals surface area (Å²) in [6.07, 6.45) is 0.963. The number of aromatic nitrogens is 3. The second-order valence-corrected chi connectivity index (χ2v) is 6.77. The summed E-state index contributed by atoms with van der Waals surface area (Å²) < 4.78 is 0. The lowest BCUT2D eigenvalue weighted by atomic mass is 10.2. The van der Waals surface area contributed by atoms with Crippen molar-refractivity contribution in [3.05, 3.63) is 36.2 Å². The Bertz CT molecular complexity index is 660. The van der Waals surface area contributed by atoms with Crippen LogP contribution in [0.2, 0.25) is 0 Å². The van der Waals surface area contributed by atoms with Gasteiger partial charge in [0.15, 0.2) is 0 Å². The fraction of sp³-hybridized carbons (Fsp3) is 0.438. The highest BCUT2D eigenvalue weighted by atomic mass is 32.2. The number of hydrogen-bond acceptors (Lipinski definition) is 5. The van der Waals surface area contributed by atoms with Gasteiger partial charge in [0, 0.05) is 24.3 Å². The van der Waals surface area contributed by atoms with Crippen LogP contribution in [0, 0.1) is 6.92 Å². The third-order valence-electron chi connectivity index (χ3n) is 3.94. The van der Waals surface area contributed by atoms with E-state index in [4.69, 9.17) is 0 Å². The minimum atomic E-state index is 0.0320. The molecule has 0 aliphatic carbocycles. The first-order valence-corrected chi connectivity index (χ1v) is 8.73. The van der Waals surface area contributed by atoms with Crippen molar-refractivity contribution in [2.75, 3.05) is 17.2 Å². The second kappa shape index (κ2) is 7.04. The van der Waals surface area contributed by atoms with Crippen molar-refractivity contribution < 1.29 is 4.79 Å². The topological polar surface area (TPSA) is 73.9 Å². The van der Waals surface area contributed by atoms with Crippen molar-refractivity contribution in [2.45, 2.75) is 37.5 Å². The molecular weight excluding hydrogens is 310 g/mol. The zero-order valence-electron chi connectivity index (χ0n) is 13.3. The largest absolute Gasteiger partial charge is 0.367 e. The Morgan fingerprint density at radius 2 is 2.22 bits per heavy atom. The number of amides is 1. The van der Waals surface area contributed by atoms with Gasteiger partial charge in [0.05, 0.1) is 5.75 Å². The van der Waals surface area contributed by atoms with E-state index in [2.05, 4.69) is 44.5 Å². The van der Waals surface area contributed by atoms with Crippen molar-refractivity contribution in [3.8, 4) is 0 Å². The second-order valence-electron chi connectivity index (χ2n) is 5.83. The molecule has 3 rings (SSSR count). The van der Waals surface area contributed by atoms with Gasteiger partial charge in [0.25, 0.3) is 0 Å². The highest BCUT2D eigenvalue weighted by Gasteiger charge is 2.30. The van der Waals surface area contributed by atoms with Gasteiger partial charge in [0.2, 0.25) is 11.1 Å². The summed E-state index contributed by atoms with van der Waals surface area (Å²) in [7, 11) is 0. The molecule has 1 saturated heterocycles. The molecule has 0 unspecified atom stereocenters. The number of hydrogen-bond donors (Lipinski definition) is 2. The van der Waals surface area contributed by atoms with Gasteiger partial charge >= 0.3 is 0 Å². The Balaban J connectivity index is 1.50. The van der Waals surface area contributed by atoms with Crippen LogP contribution in [0.25, 0.3) is 0 Å². The minimum absolute atomic E-state index is 0.0320. The van der Waals surface area contributed by atoms with Crippen LogP contribution in [-0.4, -0.2) is 45.5 Å². The van der Waals surface area contributed by atoms with E-state index in [0.717, 1.165) is 18.8 Å². The number of carbonyl (C=O) groups excluding carboxylic acids is 1. The lowest BCUT2D eigenvalue weighted by molar-refractivity contribution is -0.119. The number of aromatic amines is 1. The van der Waals surface area contributed by atoms with Crippen LogP contribution in [0.5, 0.6) is 0 Å². The summed E-state index contributed by atoms with van der Waals surface area (Å²) in [6, 6.07) is 10.9. The highest BCUT2D eigenvalue weighted by Crippen LogP contribution is 2.25. The molecule has 1 aromatic carbocycles. The molecule has 0 bridgehead atoms. The molecule has 2 heterocycles. The van der Waals surface area contributed by atoms with Gasteiger partial charge in [-0.3, -0.25) is 9.89 Å². The van der Waals surface area contributed by atoms with E-state index in [9.17, 15) is 4.79 Å². The maximum Gasteiger partial charge on any atom is 0.230 e. The third kappa shape index (κ3) is 4.04. The predicted molar refractivity (Wildman–Crippen MR) is 91.6 cm³/mol. The van der Waals surface area contributed by atoms with E-state index in [0.29, 0.717) is 17.0 Å². The number of carbonyl (C=O) groups is 1. The number of rotatable bonds is 5. The molecule has 2 atom stereocenters. The normalized spacial score (nSPS) is 20.7. The van der Waals surface area contributed by atoms with Crippen molar-refractivity contribution in [3.63, 3.8) is 0 Å². The van der Waals surface area contributed by atoms with Crippen LogP contribution in [0.1, 0.15) is 19.2 Å². The SMILES string of the molecule is Cc1nc(SCC(=O)N[C@H]2C[C@H](C)N(c3ccccc3)C2)n[nH]1. The molecule has 1 aliphatic rings. The summed E-state index contributed by atoms with van der Waals surface area (Å²) in [5, 5.41) is 10.5. The van der Waals surface area contributed by atoms with Gasteiger partial charge in [-0.15, -0.1) is 5.10 Å². The van der Waals surface area contributed by atoms with Crippen LogP contribution in [0.15, 0.2) is 35.5 Å². The number of aryl methyl sites for hydroxylation is 1. The quantitative estimate of drug-likeness (QED) is 0.820. The smallest absolute Gasteiger partial charge is 0.230 e. The molecule has 23 heavy (non-hydrogen) atoms. The molecule has 6 nitrogen and oxygen atoms in total. The summed E-state index contributed by atoms with van der Waals surface area (Å²) in [4.78, 5) is 18.6. The molecule has 0 saturated carbocycles. The molecule has 1 aromatic heterocycles. The molecule has 1 aliphatic heterocycles. The van der Waals surface area contributed by atoms with Gasteiger partial charge in [-0.2, -0.15) is 0 Å². The van der Waals surface area contributed by atoms with E-state index >= 15 is 0 Å². The minimum Gasteiger partial charge on any atom is -0.367 e. The summed E-state index contributed by atoms with van der Waals surface area (Å²) in [5.74, 6) is 1.13. The third-order valence-corrected chi connectivity index (χ3v) is 4.78. The Labute approximate surface area is 140 Å². The van der Waals surface area contributed by atoms with E-state index in [1.54, 1.807) is 0 Å². The molecule has 1 amide bonds. The summed E-state index contributed by atoms with van der Waals surface area (Å²) in [5.41, 5.74) is 1.21. The number of H-pyrrole nitrogens is 1. The Hall–Kier alpha value is -2.02. The molecular formula is C16H21N5OS. The first-order chi connectivity index (χ1) is 11.1. The summed E-state index contributed by atoms with van der Waals surface area (Å²) >= 11 is 1.35. The molecule has 7 heteroatoms. The highest BCUT2D eigenvalue weighted by molar-refractivity contribution is 7.99. The van der Waals surface area contributed by atoms with Crippen molar-refractivity contribution in [1.82, 2.24) is 20.5 Å². The molecule has 0 radical (unpaired) electrons. The van der Waals surface area contributed by atoms with Crippen molar-refractivity contribution >= 4 is 23.4 Å². The van der Waals surface area contributed by atoms with Gasteiger partial charge in [-0.25, -0.2) is 4.98 Å². The molecule has 0 spiro atoms. The Morgan fingerprint density at radius 3 is 2.91 bits per heavy atom. The van der Waals surface area contributed by atoms with Crippen LogP contribution in [-0.2, 0) is 4.79 Å². The average molecular weight is 331 g/mol. The molecule has 122 valence electrons. The molecule has 2 aromatic rings. The number of thioether (sulfide) groups is 1. The van der Waals surface area contributed by atoms with Crippen molar-refractivity contribution in [1.29, 1.82) is 0 Å². The number of nitrogens with zero attached hydrogens (tertiary/aromatic N) is 3. The van der Waals surface area contributed by atoms with Crippen LogP contribution < -0.4 is 10.2 Å². The summed E-state index contributed by atoms with van der Waals surface area (Å²) in [6.45, 7) is 4.89. The first-order valence-electron chi connectivity index (χ1n) is 7.74. The monoisotopic (exact) mass is 331 g/mol. The molecule has 1 fully saturated rings. The van der Waals surface area contributed by atoms with E-state index in [-0.39, 0.29) is 11.9 Å². The van der Waals surface area contributed by atoms with E-state index in [1.807, 2.05) is 25.1 Å². The molecule has 2 N–H and O–H groups in total. The van der Waals surface area contributed by atoms with Gasteiger partial charge in [-0.1, -0.05) is 30.0 Å². The van der Waals surface area contributed by atoms with Crippen LogP contribution in [0.4, 0.5) is 5.69 Å². The van der Waals surface area contributed by atoms with E-state index < -0.39 is 0 Å². The maximum atomic E-state index is 12.1. The zero-order valence-corrected chi connectivity index (χ0v) is 14.1. The number of anilines is 1.